The zero-order valence-corrected chi connectivity index (χ0v) is 11.3. The van der Waals surface area contributed by atoms with Gasteiger partial charge >= 0.3 is 0 Å². The van der Waals surface area contributed by atoms with Crippen molar-refractivity contribution in [1.29, 1.82) is 0 Å². The van der Waals surface area contributed by atoms with E-state index in [0.29, 0.717) is 0 Å². The van der Waals surface area contributed by atoms with Gasteiger partial charge in [0.2, 0.25) is 0 Å². The smallest absolute Gasteiger partial charge is 0.0300 e. The molecule has 1 N–H and O–H groups in total. The Bertz CT molecular complexity index is 401. The van der Waals surface area contributed by atoms with Gasteiger partial charge < -0.3 is 5.32 Å². The van der Waals surface area contributed by atoms with Crippen LogP contribution in [0.3, 0.4) is 0 Å². The van der Waals surface area contributed by atoms with Gasteiger partial charge in [-0.15, -0.1) is 22.7 Å². The van der Waals surface area contributed by atoms with Gasteiger partial charge in [-0.05, 0) is 22.9 Å². The van der Waals surface area contributed by atoms with E-state index in [1.165, 1.54) is 9.75 Å². The number of hydrogen-bond donors (Lipinski definition) is 1. The van der Waals surface area contributed by atoms with Crippen molar-refractivity contribution in [2.45, 2.75) is 25.8 Å². The fourth-order valence-corrected chi connectivity index (χ4v) is 3.19. The Morgan fingerprint density at radius 1 is 1.12 bits per heavy atom. The highest BCUT2D eigenvalue weighted by atomic mass is 32.1. The average Bonchev–Trinajstić information content (AvgIpc) is 2.90. The summed E-state index contributed by atoms with van der Waals surface area (Å²) < 4.78 is 0. The zero-order chi connectivity index (χ0) is 11.4. The summed E-state index contributed by atoms with van der Waals surface area (Å²) in [6.07, 6.45) is 0. The maximum atomic E-state index is 3.53. The van der Waals surface area contributed by atoms with Crippen LogP contribution in [0.1, 0.15) is 23.6 Å². The molecule has 2 heterocycles. The quantitative estimate of drug-likeness (QED) is 0.850. The molecule has 0 saturated carbocycles. The number of nitrogens with one attached hydrogen (secondary N) is 1. The van der Waals surface area contributed by atoms with Crippen LogP contribution in [-0.2, 0) is 12.0 Å². The third-order valence-electron chi connectivity index (χ3n) is 2.63. The molecule has 2 aromatic heterocycles. The summed E-state index contributed by atoms with van der Waals surface area (Å²) in [6.45, 7) is 6.58. The van der Waals surface area contributed by atoms with Crippen LogP contribution in [0.5, 0.6) is 0 Å². The molecule has 0 saturated heterocycles. The number of rotatable bonds is 5. The second kappa shape index (κ2) is 5.13. The van der Waals surface area contributed by atoms with E-state index >= 15 is 0 Å². The summed E-state index contributed by atoms with van der Waals surface area (Å²) in [4.78, 5) is 2.85. The van der Waals surface area contributed by atoms with Gasteiger partial charge in [-0.2, -0.15) is 0 Å². The summed E-state index contributed by atoms with van der Waals surface area (Å²) in [6, 6.07) is 8.63. The SMILES string of the molecule is CC(C)(CNCc1cccs1)c1cccs1. The van der Waals surface area contributed by atoms with Gasteiger partial charge in [0.05, 0.1) is 0 Å². The molecular formula is C13H17NS2. The maximum Gasteiger partial charge on any atom is 0.0300 e. The molecule has 0 amide bonds. The van der Waals surface area contributed by atoms with Crippen molar-refractivity contribution >= 4 is 22.7 Å². The molecule has 1 nitrogen and oxygen atoms in total. The van der Waals surface area contributed by atoms with Crippen LogP contribution in [0.2, 0.25) is 0 Å². The van der Waals surface area contributed by atoms with Gasteiger partial charge in [0, 0.05) is 28.3 Å². The molecule has 0 aromatic carbocycles. The lowest BCUT2D eigenvalue weighted by atomic mass is 9.91. The van der Waals surface area contributed by atoms with Crippen LogP contribution < -0.4 is 5.32 Å². The minimum atomic E-state index is 0.228. The van der Waals surface area contributed by atoms with Gasteiger partial charge in [0.15, 0.2) is 0 Å². The number of hydrogen-bond acceptors (Lipinski definition) is 3. The minimum absolute atomic E-state index is 0.228. The van der Waals surface area contributed by atoms with Crippen LogP contribution in [0.25, 0.3) is 0 Å². The lowest BCUT2D eigenvalue weighted by Crippen LogP contribution is -2.31. The molecule has 0 unspecified atom stereocenters. The fraction of sp³-hybridized carbons (Fsp3) is 0.385. The number of thiophene rings is 2. The molecule has 2 rings (SSSR count). The highest BCUT2D eigenvalue weighted by molar-refractivity contribution is 7.10. The van der Waals surface area contributed by atoms with Crippen molar-refractivity contribution in [3.8, 4) is 0 Å². The summed E-state index contributed by atoms with van der Waals surface area (Å²) in [5, 5.41) is 7.81. The van der Waals surface area contributed by atoms with Gasteiger partial charge in [0.25, 0.3) is 0 Å². The molecule has 16 heavy (non-hydrogen) atoms. The van der Waals surface area contributed by atoms with E-state index in [9.17, 15) is 0 Å². The summed E-state index contributed by atoms with van der Waals surface area (Å²) >= 11 is 3.65. The molecule has 0 atom stereocenters. The summed E-state index contributed by atoms with van der Waals surface area (Å²) in [5.41, 5.74) is 0.228. The molecule has 3 heteroatoms. The second-order valence-corrected chi connectivity index (χ2v) is 6.52. The highest BCUT2D eigenvalue weighted by Gasteiger charge is 2.20. The van der Waals surface area contributed by atoms with Gasteiger partial charge in [0.1, 0.15) is 0 Å². The van der Waals surface area contributed by atoms with E-state index in [-0.39, 0.29) is 5.41 Å². The Labute approximate surface area is 105 Å². The Kier molecular flexibility index (Phi) is 3.79. The molecule has 86 valence electrons. The molecule has 0 radical (unpaired) electrons. The van der Waals surface area contributed by atoms with Gasteiger partial charge in [-0.1, -0.05) is 26.0 Å². The molecule has 0 aliphatic heterocycles. The van der Waals surface area contributed by atoms with Crippen molar-refractivity contribution < 1.29 is 0 Å². The third kappa shape index (κ3) is 2.94. The van der Waals surface area contributed by atoms with E-state index in [1.54, 1.807) is 0 Å². The first-order valence-electron chi connectivity index (χ1n) is 5.45. The average molecular weight is 251 g/mol. The van der Waals surface area contributed by atoms with E-state index < -0.39 is 0 Å². The minimum Gasteiger partial charge on any atom is -0.311 e. The fourth-order valence-electron chi connectivity index (χ4n) is 1.66. The van der Waals surface area contributed by atoms with E-state index in [4.69, 9.17) is 0 Å². The predicted molar refractivity (Wildman–Crippen MR) is 73.4 cm³/mol. The first-order valence-corrected chi connectivity index (χ1v) is 7.21. The van der Waals surface area contributed by atoms with Crippen molar-refractivity contribution in [2.24, 2.45) is 0 Å². The van der Waals surface area contributed by atoms with Crippen molar-refractivity contribution in [1.82, 2.24) is 5.32 Å². The van der Waals surface area contributed by atoms with Gasteiger partial charge in [-0.3, -0.25) is 0 Å². The lowest BCUT2D eigenvalue weighted by Gasteiger charge is -2.23. The monoisotopic (exact) mass is 251 g/mol. The van der Waals surface area contributed by atoms with Crippen LogP contribution in [-0.4, -0.2) is 6.54 Å². The molecule has 0 fully saturated rings. The van der Waals surface area contributed by atoms with Crippen LogP contribution in [0, 0.1) is 0 Å². The second-order valence-electron chi connectivity index (χ2n) is 4.54. The van der Waals surface area contributed by atoms with Gasteiger partial charge in [-0.25, -0.2) is 0 Å². The summed E-state index contributed by atoms with van der Waals surface area (Å²) in [7, 11) is 0. The van der Waals surface area contributed by atoms with E-state index in [2.05, 4.69) is 54.2 Å². The van der Waals surface area contributed by atoms with E-state index in [0.717, 1.165) is 13.1 Å². The predicted octanol–water partition coefficient (Wildman–Crippen LogP) is 3.88. The zero-order valence-electron chi connectivity index (χ0n) is 9.69. The van der Waals surface area contributed by atoms with Crippen molar-refractivity contribution in [3.63, 3.8) is 0 Å². The Morgan fingerprint density at radius 2 is 1.88 bits per heavy atom. The standard InChI is InChI=1S/C13H17NS2/c1-13(2,12-6-4-8-16-12)10-14-9-11-5-3-7-15-11/h3-8,14H,9-10H2,1-2H3. The lowest BCUT2D eigenvalue weighted by molar-refractivity contribution is 0.478. The highest BCUT2D eigenvalue weighted by Crippen LogP contribution is 2.26. The Hall–Kier alpha value is -0.640. The van der Waals surface area contributed by atoms with Crippen molar-refractivity contribution in [3.05, 3.63) is 44.8 Å². The van der Waals surface area contributed by atoms with Crippen LogP contribution in [0.15, 0.2) is 35.0 Å². The van der Waals surface area contributed by atoms with E-state index in [1.807, 2.05) is 22.7 Å². The molecule has 0 bridgehead atoms. The first-order chi connectivity index (χ1) is 7.68. The third-order valence-corrected chi connectivity index (χ3v) is 4.75. The largest absolute Gasteiger partial charge is 0.311 e. The molecule has 0 aliphatic rings. The Balaban J connectivity index is 1.85. The maximum absolute atomic E-state index is 3.53. The molecule has 0 aliphatic carbocycles. The first kappa shape index (κ1) is 11.8. The molecule has 2 aromatic rings. The molecule has 0 spiro atoms. The topological polar surface area (TPSA) is 12.0 Å². The molecular weight excluding hydrogens is 234 g/mol. The Morgan fingerprint density at radius 3 is 2.50 bits per heavy atom. The van der Waals surface area contributed by atoms with Crippen molar-refractivity contribution in [2.75, 3.05) is 6.54 Å². The van der Waals surface area contributed by atoms with Crippen LogP contribution in [0.4, 0.5) is 0 Å². The van der Waals surface area contributed by atoms with Crippen LogP contribution >= 0.6 is 22.7 Å². The summed E-state index contributed by atoms with van der Waals surface area (Å²) in [5.74, 6) is 0. The normalized spacial score (nSPS) is 11.9.